The van der Waals surface area contributed by atoms with Crippen LogP contribution in [0.2, 0.25) is 0 Å². The van der Waals surface area contributed by atoms with Crippen LogP contribution >= 0.6 is 12.4 Å². The van der Waals surface area contributed by atoms with Crippen LogP contribution < -0.4 is 0 Å². The third-order valence-electron chi connectivity index (χ3n) is 2.05. The number of rotatable bonds is 4. The van der Waals surface area contributed by atoms with E-state index in [1.165, 1.54) is 0 Å². The van der Waals surface area contributed by atoms with Crippen molar-refractivity contribution in [1.82, 2.24) is 4.98 Å². The quantitative estimate of drug-likeness (QED) is 0.838. The van der Waals surface area contributed by atoms with Crippen LogP contribution in [0.15, 0.2) is 24.5 Å². The SMILES string of the molecule is CCC(Cc1cccnc1)C(=O)O.Cl. The lowest BCUT2D eigenvalue weighted by molar-refractivity contribution is -0.141. The molecule has 0 bridgehead atoms. The molecule has 3 nitrogen and oxygen atoms in total. The van der Waals surface area contributed by atoms with E-state index < -0.39 is 5.97 Å². The predicted octanol–water partition coefficient (Wildman–Crippen LogP) is 2.16. The first-order valence-corrected chi connectivity index (χ1v) is 4.35. The minimum Gasteiger partial charge on any atom is -0.481 e. The Hall–Kier alpha value is -1.09. The van der Waals surface area contributed by atoms with Gasteiger partial charge in [0.05, 0.1) is 5.92 Å². The molecule has 0 aliphatic rings. The van der Waals surface area contributed by atoms with Crippen LogP contribution in [-0.2, 0) is 11.2 Å². The summed E-state index contributed by atoms with van der Waals surface area (Å²) >= 11 is 0. The number of carboxylic acids is 1. The number of halogens is 1. The van der Waals surface area contributed by atoms with Crippen molar-refractivity contribution in [2.24, 2.45) is 5.92 Å². The number of aliphatic carboxylic acids is 1. The fourth-order valence-corrected chi connectivity index (χ4v) is 1.21. The first-order valence-electron chi connectivity index (χ1n) is 4.35. The molecular weight excluding hydrogens is 202 g/mol. The molecule has 4 heteroatoms. The van der Waals surface area contributed by atoms with E-state index in [4.69, 9.17) is 5.11 Å². The highest BCUT2D eigenvalue weighted by Crippen LogP contribution is 2.10. The average molecular weight is 216 g/mol. The Labute approximate surface area is 89.6 Å². The minimum absolute atomic E-state index is 0. The van der Waals surface area contributed by atoms with Gasteiger partial charge in [0.15, 0.2) is 0 Å². The molecule has 1 atom stereocenters. The zero-order valence-corrected chi connectivity index (χ0v) is 8.83. The standard InChI is InChI=1S/C10H13NO2.ClH/c1-2-9(10(12)13)6-8-4-3-5-11-7-8;/h3-5,7,9H,2,6H2,1H3,(H,12,13);1H. The van der Waals surface area contributed by atoms with Gasteiger partial charge >= 0.3 is 5.97 Å². The molecule has 1 unspecified atom stereocenters. The van der Waals surface area contributed by atoms with Gasteiger partial charge in [-0.15, -0.1) is 12.4 Å². The number of pyridine rings is 1. The van der Waals surface area contributed by atoms with Crippen molar-refractivity contribution in [3.63, 3.8) is 0 Å². The van der Waals surface area contributed by atoms with Crippen molar-refractivity contribution in [1.29, 1.82) is 0 Å². The molecule has 0 radical (unpaired) electrons. The molecule has 1 N–H and O–H groups in total. The molecule has 0 saturated heterocycles. The normalized spacial score (nSPS) is 11.5. The monoisotopic (exact) mass is 215 g/mol. The molecule has 0 amide bonds. The molecular formula is C10H14ClNO2. The summed E-state index contributed by atoms with van der Waals surface area (Å²) in [5, 5.41) is 8.81. The predicted molar refractivity (Wildman–Crippen MR) is 56.6 cm³/mol. The summed E-state index contributed by atoms with van der Waals surface area (Å²) in [5.41, 5.74) is 0.983. The largest absolute Gasteiger partial charge is 0.481 e. The van der Waals surface area contributed by atoms with E-state index >= 15 is 0 Å². The Bertz CT molecular complexity index is 277. The van der Waals surface area contributed by atoms with Crippen LogP contribution in [-0.4, -0.2) is 16.1 Å². The second-order valence-corrected chi connectivity index (χ2v) is 3.01. The van der Waals surface area contributed by atoms with E-state index in [-0.39, 0.29) is 18.3 Å². The highest BCUT2D eigenvalue weighted by molar-refractivity contribution is 5.85. The van der Waals surface area contributed by atoms with Crippen molar-refractivity contribution < 1.29 is 9.90 Å². The number of nitrogens with zero attached hydrogens (tertiary/aromatic N) is 1. The lowest BCUT2D eigenvalue weighted by atomic mass is 9.98. The fraction of sp³-hybridized carbons (Fsp3) is 0.400. The van der Waals surface area contributed by atoms with Crippen molar-refractivity contribution in [2.45, 2.75) is 19.8 Å². The molecule has 14 heavy (non-hydrogen) atoms. The second-order valence-electron chi connectivity index (χ2n) is 3.01. The summed E-state index contributed by atoms with van der Waals surface area (Å²) in [4.78, 5) is 14.7. The van der Waals surface area contributed by atoms with Gasteiger partial charge in [0.1, 0.15) is 0 Å². The molecule has 0 aliphatic carbocycles. The maximum Gasteiger partial charge on any atom is 0.306 e. The van der Waals surface area contributed by atoms with Crippen LogP contribution in [0.3, 0.4) is 0 Å². The maximum absolute atomic E-state index is 10.7. The molecule has 0 aliphatic heterocycles. The summed E-state index contributed by atoms with van der Waals surface area (Å²) in [6, 6.07) is 3.72. The zero-order chi connectivity index (χ0) is 9.68. The fourth-order valence-electron chi connectivity index (χ4n) is 1.21. The first-order chi connectivity index (χ1) is 6.24. The first kappa shape index (κ1) is 12.9. The Balaban J connectivity index is 0.00000169. The van der Waals surface area contributed by atoms with Crippen LogP contribution in [0.4, 0.5) is 0 Å². The smallest absolute Gasteiger partial charge is 0.306 e. The molecule has 0 saturated carbocycles. The Morgan fingerprint density at radius 3 is 2.79 bits per heavy atom. The highest BCUT2D eigenvalue weighted by atomic mass is 35.5. The summed E-state index contributed by atoms with van der Waals surface area (Å²) in [6.45, 7) is 1.88. The highest BCUT2D eigenvalue weighted by Gasteiger charge is 2.14. The average Bonchev–Trinajstić information content (AvgIpc) is 2.15. The Morgan fingerprint density at radius 1 is 1.64 bits per heavy atom. The summed E-state index contributed by atoms with van der Waals surface area (Å²) < 4.78 is 0. The lowest BCUT2D eigenvalue weighted by Gasteiger charge is -2.08. The van der Waals surface area contributed by atoms with Crippen molar-refractivity contribution in [3.05, 3.63) is 30.1 Å². The topological polar surface area (TPSA) is 50.2 Å². The van der Waals surface area contributed by atoms with Crippen molar-refractivity contribution >= 4 is 18.4 Å². The molecule has 78 valence electrons. The van der Waals surface area contributed by atoms with Gasteiger partial charge in [-0.05, 0) is 24.5 Å². The third-order valence-corrected chi connectivity index (χ3v) is 2.05. The van der Waals surface area contributed by atoms with E-state index in [2.05, 4.69) is 4.98 Å². The third kappa shape index (κ3) is 3.75. The van der Waals surface area contributed by atoms with Gasteiger partial charge in [-0.1, -0.05) is 13.0 Å². The molecule has 1 aromatic rings. The summed E-state index contributed by atoms with van der Waals surface area (Å²) in [7, 11) is 0. The minimum atomic E-state index is -0.730. The number of hydrogen-bond acceptors (Lipinski definition) is 2. The Morgan fingerprint density at radius 2 is 2.36 bits per heavy atom. The zero-order valence-electron chi connectivity index (χ0n) is 8.01. The molecule has 1 rings (SSSR count). The van der Waals surface area contributed by atoms with Crippen LogP contribution in [0.5, 0.6) is 0 Å². The van der Waals surface area contributed by atoms with Crippen molar-refractivity contribution in [2.75, 3.05) is 0 Å². The van der Waals surface area contributed by atoms with Gasteiger partial charge in [0, 0.05) is 12.4 Å². The van der Waals surface area contributed by atoms with Crippen LogP contribution in [0, 0.1) is 5.92 Å². The van der Waals surface area contributed by atoms with Crippen molar-refractivity contribution in [3.8, 4) is 0 Å². The maximum atomic E-state index is 10.7. The van der Waals surface area contributed by atoms with E-state index in [9.17, 15) is 4.79 Å². The number of aromatic nitrogens is 1. The molecule has 1 heterocycles. The van der Waals surface area contributed by atoms with Gasteiger partial charge in [0.25, 0.3) is 0 Å². The van der Waals surface area contributed by atoms with Gasteiger partial charge in [-0.3, -0.25) is 9.78 Å². The molecule has 0 spiro atoms. The van der Waals surface area contributed by atoms with Crippen LogP contribution in [0.1, 0.15) is 18.9 Å². The second kappa shape index (κ2) is 6.38. The summed E-state index contributed by atoms with van der Waals surface area (Å²) in [6.07, 6.45) is 4.63. The van der Waals surface area contributed by atoms with E-state index in [1.807, 2.05) is 19.1 Å². The van der Waals surface area contributed by atoms with Gasteiger partial charge < -0.3 is 5.11 Å². The number of hydrogen-bond donors (Lipinski definition) is 1. The molecule has 0 fully saturated rings. The lowest BCUT2D eigenvalue weighted by Crippen LogP contribution is -2.15. The van der Waals surface area contributed by atoms with Gasteiger partial charge in [-0.2, -0.15) is 0 Å². The van der Waals surface area contributed by atoms with E-state index in [0.29, 0.717) is 12.8 Å². The molecule has 1 aromatic heterocycles. The van der Waals surface area contributed by atoms with Gasteiger partial charge in [0.2, 0.25) is 0 Å². The van der Waals surface area contributed by atoms with E-state index in [0.717, 1.165) is 5.56 Å². The molecule has 0 aromatic carbocycles. The summed E-state index contributed by atoms with van der Waals surface area (Å²) in [5.74, 6) is -1.02. The van der Waals surface area contributed by atoms with E-state index in [1.54, 1.807) is 12.4 Å². The van der Waals surface area contributed by atoms with Gasteiger partial charge in [-0.25, -0.2) is 0 Å². The number of carboxylic acid groups (broad SMARTS) is 1. The van der Waals surface area contributed by atoms with Crippen LogP contribution in [0.25, 0.3) is 0 Å². The Kier molecular flexibility index (Phi) is 5.88. The number of carbonyl (C=O) groups is 1.